The van der Waals surface area contributed by atoms with E-state index in [1.807, 2.05) is 6.92 Å². The van der Waals surface area contributed by atoms with Crippen LogP contribution in [0.15, 0.2) is 24.3 Å². The molecule has 0 spiro atoms. The molecule has 10 heavy (non-hydrogen) atoms. The molecule has 0 saturated carbocycles. The number of hydrogen-bond donors (Lipinski definition) is 1. The van der Waals surface area contributed by atoms with Crippen LogP contribution in [-0.4, -0.2) is 17.5 Å². The fraction of sp³-hybridized carbons (Fsp3) is 0.375. The van der Waals surface area contributed by atoms with Crippen LogP contribution < -0.4 is 0 Å². The highest BCUT2D eigenvalue weighted by Crippen LogP contribution is 1.90. The van der Waals surface area contributed by atoms with E-state index in [9.17, 15) is 4.79 Å². The molecular weight excluding hydrogens is 128 g/mol. The summed E-state index contributed by atoms with van der Waals surface area (Å²) in [6, 6.07) is 0. The molecule has 0 aliphatic rings. The SMILES string of the molecule is CCC(O)C=CC=CC=O. The summed E-state index contributed by atoms with van der Waals surface area (Å²) in [7, 11) is 0. The third-order valence-electron chi connectivity index (χ3n) is 1.05. The fourth-order valence-corrected chi connectivity index (χ4v) is 0.438. The topological polar surface area (TPSA) is 37.3 Å². The van der Waals surface area contributed by atoms with Crippen LogP contribution in [0.4, 0.5) is 0 Å². The van der Waals surface area contributed by atoms with Crippen molar-refractivity contribution in [2.24, 2.45) is 0 Å². The maximum Gasteiger partial charge on any atom is 0.142 e. The summed E-state index contributed by atoms with van der Waals surface area (Å²) in [6.07, 6.45) is 7.26. The summed E-state index contributed by atoms with van der Waals surface area (Å²) in [4.78, 5) is 9.74. The number of carbonyl (C=O) groups excluding carboxylic acids is 1. The van der Waals surface area contributed by atoms with E-state index < -0.39 is 6.10 Å². The molecule has 0 amide bonds. The lowest BCUT2D eigenvalue weighted by Gasteiger charge is -1.95. The van der Waals surface area contributed by atoms with Crippen molar-refractivity contribution in [1.29, 1.82) is 0 Å². The predicted octanol–water partition coefficient (Wildman–Crippen LogP) is 1.07. The maximum atomic E-state index is 9.74. The van der Waals surface area contributed by atoms with Crippen LogP contribution in [-0.2, 0) is 4.79 Å². The van der Waals surface area contributed by atoms with Gasteiger partial charge in [-0.25, -0.2) is 0 Å². The molecule has 0 aliphatic carbocycles. The van der Waals surface area contributed by atoms with Gasteiger partial charge in [0.25, 0.3) is 0 Å². The number of aliphatic hydroxyl groups excluding tert-OH is 1. The Bertz CT molecular complexity index is 136. The smallest absolute Gasteiger partial charge is 0.142 e. The molecule has 0 aromatic heterocycles. The molecular formula is C8H12O2. The minimum absolute atomic E-state index is 0.392. The Balaban J connectivity index is 3.54. The van der Waals surface area contributed by atoms with Gasteiger partial charge in [0.2, 0.25) is 0 Å². The zero-order valence-corrected chi connectivity index (χ0v) is 6.03. The molecule has 0 bridgehead atoms. The second-order valence-corrected chi connectivity index (χ2v) is 1.88. The van der Waals surface area contributed by atoms with Crippen molar-refractivity contribution in [3.63, 3.8) is 0 Å². The Hall–Kier alpha value is -0.890. The van der Waals surface area contributed by atoms with E-state index in [1.165, 1.54) is 6.08 Å². The van der Waals surface area contributed by atoms with E-state index in [0.717, 1.165) is 0 Å². The number of carbonyl (C=O) groups is 1. The van der Waals surface area contributed by atoms with Crippen molar-refractivity contribution in [3.8, 4) is 0 Å². The molecule has 1 atom stereocenters. The first-order chi connectivity index (χ1) is 4.81. The van der Waals surface area contributed by atoms with E-state index in [1.54, 1.807) is 18.2 Å². The van der Waals surface area contributed by atoms with Crippen LogP contribution in [0.5, 0.6) is 0 Å². The van der Waals surface area contributed by atoms with Gasteiger partial charge >= 0.3 is 0 Å². The molecule has 0 heterocycles. The van der Waals surface area contributed by atoms with Gasteiger partial charge in [0.15, 0.2) is 0 Å². The summed E-state index contributed by atoms with van der Waals surface area (Å²) < 4.78 is 0. The minimum atomic E-state index is -0.392. The third kappa shape index (κ3) is 5.25. The minimum Gasteiger partial charge on any atom is -0.389 e. The number of aldehydes is 1. The first kappa shape index (κ1) is 9.11. The number of hydrogen-bond acceptors (Lipinski definition) is 2. The van der Waals surface area contributed by atoms with Gasteiger partial charge in [-0.1, -0.05) is 25.2 Å². The van der Waals surface area contributed by atoms with Gasteiger partial charge in [-0.05, 0) is 12.5 Å². The first-order valence-electron chi connectivity index (χ1n) is 3.28. The maximum absolute atomic E-state index is 9.74. The van der Waals surface area contributed by atoms with E-state index >= 15 is 0 Å². The van der Waals surface area contributed by atoms with E-state index in [4.69, 9.17) is 5.11 Å². The van der Waals surface area contributed by atoms with Gasteiger partial charge in [0.1, 0.15) is 6.29 Å². The average molecular weight is 140 g/mol. The molecule has 2 nitrogen and oxygen atoms in total. The molecule has 2 heteroatoms. The normalized spacial score (nSPS) is 14.6. The molecule has 0 rings (SSSR count). The van der Waals surface area contributed by atoms with Crippen molar-refractivity contribution < 1.29 is 9.90 Å². The van der Waals surface area contributed by atoms with Crippen molar-refractivity contribution in [1.82, 2.24) is 0 Å². The van der Waals surface area contributed by atoms with Gasteiger partial charge in [-0.2, -0.15) is 0 Å². The van der Waals surface area contributed by atoms with E-state index in [0.29, 0.717) is 12.7 Å². The summed E-state index contributed by atoms with van der Waals surface area (Å²) in [5.41, 5.74) is 0. The standard InChI is InChI=1S/C8H12O2/c1-2-8(10)6-4-3-5-7-9/h3-8,10H,2H2,1H3. The average Bonchev–Trinajstić information content (AvgIpc) is 1.98. The lowest BCUT2D eigenvalue weighted by molar-refractivity contribution is -0.104. The monoisotopic (exact) mass is 140 g/mol. The van der Waals surface area contributed by atoms with Crippen LogP contribution in [0.2, 0.25) is 0 Å². The number of rotatable bonds is 4. The third-order valence-corrected chi connectivity index (χ3v) is 1.05. The lowest BCUT2D eigenvalue weighted by Crippen LogP contribution is -1.97. The summed E-state index contributed by atoms with van der Waals surface area (Å²) >= 11 is 0. The van der Waals surface area contributed by atoms with Crippen LogP contribution in [0.1, 0.15) is 13.3 Å². The molecule has 1 unspecified atom stereocenters. The number of aliphatic hydroxyl groups is 1. The zero-order valence-electron chi connectivity index (χ0n) is 6.03. The van der Waals surface area contributed by atoms with E-state index in [2.05, 4.69) is 0 Å². The van der Waals surface area contributed by atoms with Crippen molar-refractivity contribution in [2.45, 2.75) is 19.4 Å². The largest absolute Gasteiger partial charge is 0.389 e. The van der Waals surface area contributed by atoms with Crippen molar-refractivity contribution in [2.75, 3.05) is 0 Å². The van der Waals surface area contributed by atoms with Gasteiger partial charge in [0.05, 0.1) is 6.10 Å². The van der Waals surface area contributed by atoms with Crippen LogP contribution in [0.25, 0.3) is 0 Å². The van der Waals surface area contributed by atoms with E-state index in [-0.39, 0.29) is 0 Å². The van der Waals surface area contributed by atoms with Crippen LogP contribution in [0, 0.1) is 0 Å². The molecule has 0 aliphatic heterocycles. The van der Waals surface area contributed by atoms with Crippen molar-refractivity contribution >= 4 is 6.29 Å². The highest BCUT2D eigenvalue weighted by molar-refractivity contribution is 5.65. The molecule has 0 radical (unpaired) electrons. The quantitative estimate of drug-likeness (QED) is 0.360. The van der Waals surface area contributed by atoms with Gasteiger partial charge in [0, 0.05) is 0 Å². The molecule has 0 saturated heterocycles. The Morgan fingerprint density at radius 1 is 1.40 bits per heavy atom. The second kappa shape index (κ2) is 6.23. The van der Waals surface area contributed by atoms with Gasteiger partial charge in [-0.3, -0.25) is 4.79 Å². The van der Waals surface area contributed by atoms with Crippen molar-refractivity contribution in [3.05, 3.63) is 24.3 Å². The summed E-state index contributed by atoms with van der Waals surface area (Å²) in [6.45, 7) is 1.89. The van der Waals surface area contributed by atoms with Gasteiger partial charge < -0.3 is 5.11 Å². The zero-order chi connectivity index (χ0) is 7.82. The Kier molecular flexibility index (Phi) is 5.68. The predicted molar refractivity (Wildman–Crippen MR) is 40.6 cm³/mol. The first-order valence-corrected chi connectivity index (χ1v) is 3.28. The highest BCUT2D eigenvalue weighted by atomic mass is 16.3. The second-order valence-electron chi connectivity index (χ2n) is 1.88. The fourth-order valence-electron chi connectivity index (χ4n) is 0.438. The molecule has 0 aromatic rings. The number of allylic oxidation sites excluding steroid dienone is 3. The summed E-state index contributed by atoms with van der Waals surface area (Å²) in [5, 5.41) is 8.95. The van der Waals surface area contributed by atoms with Crippen LogP contribution in [0.3, 0.4) is 0 Å². The molecule has 56 valence electrons. The van der Waals surface area contributed by atoms with Gasteiger partial charge in [-0.15, -0.1) is 0 Å². The molecule has 0 aromatic carbocycles. The molecule has 1 N–H and O–H groups in total. The summed E-state index contributed by atoms with van der Waals surface area (Å²) in [5.74, 6) is 0. The lowest BCUT2D eigenvalue weighted by atomic mass is 10.2. The molecule has 0 fully saturated rings. The Morgan fingerprint density at radius 2 is 2.10 bits per heavy atom. The van der Waals surface area contributed by atoms with Crippen LogP contribution >= 0.6 is 0 Å². The Morgan fingerprint density at radius 3 is 2.60 bits per heavy atom. The highest BCUT2D eigenvalue weighted by Gasteiger charge is 1.88. The Labute approximate surface area is 60.9 Å².